The Morgan fingerprint density at radius 3 is 2.70 bits per heavy atom. The van der Waals surface area contributed by atoms with Crippen molar-refractivity contribution in [1.82, 2.24) is 15.0 Å². The molecule has 0 aliphatic carbocycles. The minimum atomic E-state index is -0.443. The first kappa shape index (κ1) is 15.7. The molecule has 1 fully saturated rings. The lowest BCUT2D eigenvalue weighted by Crippen LogP contribution is -2.29. The number of aliphatic hydroxyl groups is 1. The van der Waals surface area contributed by atoms with Gasteiger partial charge in [-0.1, -0.05) is 38.1 Å². The van der Waals surface area contributed by atoms with Crippen LogP contribution in [0.1, 0.15) is 43.4 Å². The highest BCUT2D eigenvalue weighted by Crippen LogP contribution is 2.27. The van der Waals surface area contributed by atoms with Gasteiger partial charge < -0.3 is 14.5 Å². The van der Waals surface area contributed by atoms with Crippen molar-refractivity contribution in [3.05, 3.63) is 35.7 Å². The van der Waals surface area contributed by atoms with Gasteiger partial charge in [0.2, 0.25) is 0 Å². The van der Waals surface area contributed by atoms with Gasteiger partial charge in [0.1, 0.15) is 0 Å². The molecule has 0 radical (unpaired) electrons. The Balaban J connectivity index is 1.95. The normalized spacial score (nSPS) is 18.4. The van der Waals surface area contributed by atoms with E-state index in [2.05, 4.69) is 10.1 Å². The zero-order valence-electron chi connectivity index (χ0n) is 13.6. The number of carbonyl (C=O) groups is 1. The minimum Gasteiger partial charge on any atom is -0.391 e. The van der Waals surface area contributed by atoms with Crippen molar-refractivity contribution in [3.8, 4) is 11.5 Å². The Bertz CT molecular complexity index is 718. The molecule has 1 aliphatic heterocycles. The maximum Gasteiger partial charge on any atom is 0.258 e. The van der Waals surface area contributed by atoms with E-state index >= 15 is 0 Å². The van der Waals surface area contributed by atoms with Crippen molar-refractivity contribution in [2.45, 2.75) is 38.7 Å². The van der Waals surface area contributed by atoms with Crippen LogP contribution in [0, 0.1) is 0 Å². The average Bonchev–Trinajstić information content (AvgIpc) is 3.15. The number of hydrogen-bond donors (Lipinski definition) is 1. The third-order valence-corrected chi connectivity index (χ3v) is 3.94. The quantitative estimate of drug-likeness (QED) is 0.919. The zero-order chi connectivity index (χ0) is 16.6. The summed E-state index contributed by atoms with van der Waals surface area (Å²) in [5.41, 5.74) is 0.923. The molecule has 1 atom stereocenters. The predicted octanol–water partition coefficient (Wildman–Crippen LogP) is 2.24. The van der Waals surface area contributed by atoms with Gasteiger partial charge in [-0.25, -0.2) is 0 Å². The van der Waals surface area contributed by atoms with Crippen molar-refractivity contribution in [2.24, 2.45) is 0 Å². The van der Waals surface area contributed by atoms with Crippen LogP contribution in [0.25, 0.3) is 11.5 Å². The lowest BCUT2D eigenvalue weighted by molar-refractivity contribution is 0.0765. The molecule has 0 unspecified atom stereocenters. The van der Waals surface area contributed by atoms with Crippen molar-refractivity contribution in [3.63, 3.8) is 0 Å². The molecule has 2 aromatic rings. The maximum absolute atomic E-state index is 12.7. The highest BCUT2D eigenvalue weighted by atomic mass is 16.5. The Kier molecular flexibility index (Phi) is 3.93. The van der Waals surface area contributed by atoms with E-state index in [1.165, 1.54) is 0 Å². The SMILES string of the molecule is CC(C)(C)c1noc(-c2ccccc2C(=O)N2CC[C@@H](O)C2)n1. The van der Waals surface area contributed by atoms with Crippen molar-refractivity contribution >= 4 is 5.91 Å². The van der Waals surface area contributed by atoms with Crippen LogP contribution in [-0.4, -0.2) is 45.2 Å². The molecule has 1 amide bonds. The van der Waals surface area contributed by atoms with Gasteiger partial charge in [-0.3, -0.25) is 4.79 Å². The molecule has 1 saturated heterocycles. The van der Waals surface area contributed by atoms with E-state index in [0.29, 0.717) is 42.4 Å². The van der Waals surface area contributed by atoms with Crippen molar-refractivity contribution < 1.29 is 14.4 Å². The molecule has 0 spiro atoms. The van der Waals surface area contributed by atoms with Crippen LogP contribution in [-0.2, 0) is 5.41 Å². The highest BCUT2D eigenvalue weighted by molar-refractivity contribution is 6.00. The fourth-order valence-electron chi connectivity index (χ4n) is 2.59. The molecule has 2 heterocycles. The number of benzene rings is 1. The van der Waals surface area contributed by atoms with Crippen LogP contribution in [0.2, 0.25) is 0 Å². The summed E-state index contributed by atoms with van der Waals surface area (Å²) in [6.07, 6.45) is 0.171. The van der Waals surface area contributed by atoms with E-state index in [-0.39, 0.29) is 11.3 Å². The maximum atomic E-state index is 12.7. The summed E-state index contributed by atoms with van der Waals surface area (Å²) in [6, 6.07) is 7.21. The fourth-order valence-corrected chi connectivity index (χ4v) is 2.59. The number of likely N-dealkylation sites (tertiary alicyclic amines) is 1. The first-order chi connectivity index (χ1) is 10.9. The van der Waals surface area contributed by atoms with Crippen LogP contribution in [0.3, 0.4) is 0 Å². The number of β-amino-alcohol motifs (C(OH)–C–C–N with tert-alkyl or cyclic N) is 1. The molecular weight excluding hydrogens is 294 g/mol. The van der Waals surface area contributed by atoms with Crippen LogP contribution in [0.15, 0.2) is 28.8 Å². The van der Waals surface area contributed by atoms with E-state index in [0.717, 1.165) is 0 Å². The Hall–Kier alpha value is -2.21. The summed E-state index contributed by atoms with van der Waals surface area (Å²) < 4.78 is 5.37. The molecule has 1 N–H and O–H groups in total. The number of hydrogen-bond acceptors (Lipinski definition) is 5. The summed E-state index contributed by atoms with van der Waals surface area (Å²) in [5, 5.41) is 13.7. The van der Waals surface area contributed by atoms with Gasteiger partial charge in [-0.05, 0) is 18.6 Å². The van der Waals surface area contributed by atoms with E-state index in [4.69, 9.17) is 4.52 Å². The smallest absolute Gasteiger partial charge is 0.258 e. The van der Waals surface area contributed by atoms with Gasteiger partial charge in [-0.15, -0.1) is 0 Å². The minimum absolute atomic E-state index is 0.118. The van der Waals surface area contributed by atoms with Crippen LogP contribution in [0.4, 0.5) is 0 Å². The first-order valence-corrected chi connectivity index (χ1v) is 7.77. The molecule has 122 valence electrons. The standard InChI is InChI=1S/C17H21N3O3/c1-17(2,3)16-18-14(23-19-16)12-6-4-5-7-13(12)15(22)20-9-8-11(21)10-20/h4-7,11,21H,8-10H2,1-3H3/t11-/m1/s1. The topological polar surface area (TPSA) is 79.5 Å². The van der Waals surface area contributed by atoms with E-state index in [9.17, 15) is 9.90 Å². The van der Waals surface area contributed by atoms with Crippen molar-refractivity contribution in [1.29, 1.82) is 0 Å². The monoisotopic (exact) mass is 315 g/mol. The fraction of sp³-hybridized carbons (Fsp3) is 0.471. The van der Waals surface area contributed by atoms with Gasteiger partial charge in [0.15, 0.2) is 5.82 Å². The third kappa shape index (κ3) is 3.12. The van der Waals surface area contributed by atoms with E-state index < -0.39 is 6.10 Å². The molecule has 23 heavy (non-hydrogen) atoms. The van der Waals surface area contributed by atoms with Crippen LogP contribution in [0.5, 0.6) is 0 Å². The second-order valence-electron chi connectivity index (χ2n) is 6.91. The number of rotatable bonds is 2. The summed E-state index contributed by atoms with van der Waals surface area (Å²) in [7, 11) is 0. The van der Waals surface area contributed by atoms with Gasteiger partial charge in [0, 0.05) is 18.5 Å². The van der Waals surface area contributed by atoms with Gasteiger partial charge in [0.25, 0.3) is 11.8 Å². The average molecular weight is 315 g/mol. The van der Waals surface area contributed by atoms with Crippen LogP contribution >= 0.6 is 0 Å². The van der Waals surface area contributed by atoms with Crippen LogP contribution < -0.4 is 0 Å². The molecule has 0 bridgehead atoms. The number of nitrogens with zero attached hydrogens (tertiary/aromatic N) is 3. The summed E-state index contributed by atoms with van der Waals surface area (Å²) in [4.78, 5) is 18.8. The zero-order valence-corrected chi connectivity index (χ0v) is 13.6. The van der Waals surface area contributed by atoms with Crippen molar-refractivity contribution in [2.75, 3.05) is 13.1 Å². The summed E-state index contributed by atoms with van der Waals surface area (Å²) >= 11 is 0. The molecule has 3 rings (SSSR count). The Labute approximate surface area is 135 Å². The first-order valence-electron chi connectivity index (χ1n) is 7.77. The Morgan fingerprint density at radius 1 is 1.35 bits per heavy atom. The largest absolute Gasteiger partial charge is 0.391 e. The molecule has 6 nitrogen and oxygen atoms in total. The number of aliphatic hydroxyl groups excluding tert-OH is 1. The van der Waals surface area contributed by atoms with E-state index in [1.807, 2.05) is 32.9 Å². The lowest BCUT2D eigenvalue weighted by Gasteiger charge is -2.16. The molecule has 1 aliphatic rings. The number of aromatic nitrogens is 2. The molecule has 1 aromatic carbocycles. The number of amides is 1. The molecule has 6 heteroatoms. The van der Waals surface area contributed by atoms with Gasteiger partial charge >= 0.3 is 0 Å². The second kappa shape index (κ2) is 5.77. The van der Waals surface area contributed by atoms with E-state index in [1.54, 1.807) is 17.0 Å². The number of carbonyl (C=O) groups excluding carboxylic acids is 1. The second-order valence-corrected chi connectivity index (χ2v) is 6.91. The predicted molar refractivity (Wildman–Crippen MR) is 85.0 cm³/mol. The van der Waals surface area contributed by atoms with Gasteiger partial charge in [-0.2, -0.15) is 4.98 Å². The molecular formula is C17H21N3O3. The molecule has 0 saturated carbocycles. The lowest BCUT2D eigenvalue weighted by atomic mass is 9.96. The summed E-state index contributed by atoms with van der Waals surface area (Å²) in [5.74, 6) is 0.831. The Morgan fingerprint density at radius 2 is 2.09 bits per heavy atom. The third-order valence-electron chi connectivity index (χ3n) is 3.94. The molecule has 1 aromatic heterocycles. The highest BCUT2D eigenvalue weighted by Gasteiger charge is 2.28. The summed E-state index contributed by atoms with van der Waals surface area (Å²) in [6.45, 7) is 6.94. The van der Waals surface area contributed by atoms with Gasteiger partial charge in [0.05, 0.1) is 17.2 Å².